The fourth-order valence-electron chi connectivity index (χ4n) is 3.28. The summed E-state index contributed by atoms with van der Waals surface area (Å²) >= 11 is 0. The number of benzene rings is 2. The average molecular weight is 372 g/mol. The molecule has 1 N–H and O–H groups in total. The standard InChI is InChI=1S/C21H25FN2O3/c1-15-3-4-17(13-20(15)26-2)21(25)23-14-19(24-9-11-27-12-10-24)16-5-7-18(22)8-6-16/h3-8,13,19H,9-12,14H2,1-2H3,(H,23,25). The van der Waals surface area contributed by atoms with Crippen LogP contribution >= 0.6 is 0 Å². The number of halogens is 1. The van der Waals surface area contributed by atoms with Gasteiger partial charge in [-0.05, 0) is 42.3 Å². The molecule has 1 atom stereocenters. The zero-order chi connectivity index (χ0) is 19.2. The SMILES string of the molecule is COc1cc(C(=O)NCC(c2ccc(F)cc2)N2CCOCC2)ccc1C. The van der Waals surface area contributed by atoms with Gasteiger partial charge in [-0.15, -0.1) is 0 Å². The van der Waals surface area contributed by atoms with Crippen LogP contribution in [-0.4, -0.2) is 50.8 Å². The summed E-state index contributed by atoms with van der Waals surface area (Å²) in [7, 11) is 1.59. The Morgan fingerprint density at radius 3 is 2.59 bits per heavy atom. The number of rotatable bonds is 6. The molecule has 3 rings (SSSR count). The van der Waals surface area contributed by atoms with Crippen molar-refractivity contribution in [2.75, 3.05) is 40.0 Å². The fourth-order valence-corrected chi connectivity index (χ4v) is 3.28. The predicted octanol–water partition coefficient (Wildman–Crippen LogP) is 2.95. The highest BCUT2D eigenvalue weighted by Crippen LogP contribution is 2.23. The second-order valence-corrected chi connectivity index (χ2v) is 6.61. The van der Waals surface area contributed by atoms with Crippen molar-refractivity contribution in [3.05, 3.63) is 65.0 Å². The Kier molecular flexibility index (Phi) is 6.42. The summed E-state index contributed by atoms with van der Waals surface area (Å²) in [6.45, 7) is 5.22. The first-order valence-electron chi connectivity index (χ1n) is 9.08. The van der Waals surface area contributed by atoms with E-state index in [4.69, 9.17) is 9.47 Å². The molecule has 2 aromatic carbocycles. The quantitative estimate of drug-likeness (QED) is 0.847. The molecule has 0 spiro atoms. The van der Waals surface area contributed by atoms with Crippen molar-refractivity contribution < 1.29 is 18.7 Å². The summed E-state index contributed by atoms with van der Waals surface area (Å²) in [5.41, 5.74) is 2.50. The van der Waals surface area contributed by atoms with Gasteiger partial charge >= 0.3 is 0 Å². The summed E-state index contributed by atoms with van der Waals surface area (Å²) in [5, 5.41) is 3.01. The Bertz CT molecular complexity index is 773. The van der Waals surface area contributed by atoms with E-state index in [1.807, 2.05) is 13.0 Å². The smallest absolute Gasteiger partial charge is 0.251 e. The van der Waals surface area contributed by atoms with Crippen LogP contribution in [0.5, 0.6) is 5.75 Å². The van der Waals surface area contributed by atoms with Crippen LogP contribution < -0.4 is 10.1 Å². The first kappa shape index (κ1) is 19.3. The third-order valence-corrected chi connectivity index (χ3v) is 4.87. The lowest BCUT2D eigenvalue weighted by Gasteiger charge is -2.35. The molecule has 0 aliphatic carbocycles. The van der Waals surface area contributed by atoms with E-state index in [1.54, 1.807) is 31.4 Å². The van der Waals surface area contributed by atoms with Gasteiger partial charge in [0.25, 0.3) is 5.91 Å². The van der Waals surface area contributed by atoms with Crippen LogP contribution in [0.2, 0.25) is 0 Å². The maximum atomic E-state index is 13.3. The highest BCUT2D eigenvalue weighted by Gasteiger charge is 2.23. The Hall–Kier alpha value is -2.44. The van der Waals surface area contributed by atoms with Crippen LogP contribution in [-0.2, 0) is 4.74 Å². The highest BCUT2D eigenvalue weighted by molar-refractivity contribution is 5.94. The summed E-state index contributed by atoms with van der Waals surface area (Å²) in [4.78, 5) is 14.9. The molecule has 2 aromatic rings. The van der Waals surface area contributed by atoms with Gasteiger partial charge in [-0.1, -0.05) is 18.2 Å². The van der Waals surface area contributed by atoms with Crippen molar-refractivity contribution in [3.63, 3.8) is 0 Å². The monoisotopic (exact) mass is 372 g/mol. The largest absolute Gasteiger partial charge is 0.496 e. The van der Waals surface area contributed by atoms with Crippen molar-refractivity contribution in [1.82, 2.24) is 10.2 Å². The van der Waals surface area contributed by atoms with Gasteiger partial charge in [-0.3, -0.25) is 9.69 Å². The number of hydrogen-bond acceptors (Lipinski definition) is 4. The maximum absolute atomic E-state index is 13.3. The molecule has 0 bridgehead atoms. The van der Waals surface area contributed by atoms with Crippen molar-refractivity contribution in [1.29, 1.82) is 0 Å². The Morgan fingerprint density at radius 2 is 1.93 bits per heavy atom. The van der Waals surface area contributed by atoms with Crippen LogP contribution in [0.25, 0.3) is 0 Å². The number of hydrogen-bond donors (Lipinski definition) is 1. The van der Waals surface area contributed by atoms with Crippen molar-refractivity contribution >= 4 is 5.91 Å². The van der Waals surface area contributed by atoms with Crippen molar-refractivity contribution in [3.8, 4) is 5.75 Å². The molecule has 0 saturated carbocycles. The van der Waals surface area contributed by atoms with Crippen LogP contribution in [0.4, 0.5) is 4.39 Å². The normalized spacial score (nSPS) is 16.0. The Labute approximate surface area is 159 Å². The fraction of sp³-hybridized carbons (Fsp3) is 0.381. The molecule has 1 aliphatic heterocycles. The lowest BCUT2D eigenvalue weighted by atomic mass is 10.0. The Morgan fingerprint density at radius 1 is 1.22 bits per heavy atom. The van der Waals surface area contributed by atoms with E-state index < -0.39 is 0 Å². The lowest BCUT2D eigenvalue weighted by molar-refractivity contribution is 0.0162. The second-order valence-electron chi connectivity index (χ2n) is 6.61. The molecule has 1 fully saturated rings. The van der Waals surface area contributed by atoms with Gasteiger partial charge in [0, 0.05) is 25.2 Å². The van der Waals surface area contributed by atoms with Gasteiger partial charge in [0.1, 0.15) is 11.6 Å². The highest BCUT2D eigenvalue weighted by atomic mass is 19.1. The molecule has 1 amide bonds. The van der Waals surface area contributed by atoms with E-state index in [1.165, 1.54) is 12.1 Å². The number of methoxy groups -OCH3 is 1. The van der Waals surface area contributed by atoms with Gasteiger partial charge in [-0.25, -0.2) is 4.39 Å². The van der Waals surface area contributed by atoms with Crippen molar-refractivity contribution in [2.24, 2.45) is 0 Å². The van der Waals surface area contributed by atoms with E-state index in [0.717, 1.165) is 24.2 Å². The number of carbonyl (C=O) groups is 1. The molecule has 1 saturated heterocycles. The average Bonchev–Trinajstić information content (AvgIpc) is 2.70. The van der Waals surface area contributed by atoms with E-state index >= 15 is 0 Å². The molecule has 5 nitrogen and oxygen atoms in total. The van der Waals surface area contributed by atoms with E-state index in [0.29, 0.717) is 31.1 Å². The molecular formula is C21H25FN2O3. The summed E-state index contributed by atoms with van der Waals surface area (Å²) in [6, 6.07) is 11.8. The first-order valence-corrected chi connectivity index (χ1v) is 9.08. The summed E-state index contributed by atoms with van der Waals surface area (Å²) in [6.07, 6.45) is 0. The van der Waals surface area contributed by atoms with Crippen LogP contribution in [0.15, 0.2) is 42.5 Å². The number of amides is 1. The number of carbonyl (C=O) groups excluding carboxylic acids is 1. The number of ether oxygens (including phenoxy) is 2. The van der Waals surface area contributed by atoms with Gasteiger partial charge < -0.3 is 14.8 Å². The van der Waals surface area contributed by atoms with Crippen LogP contribution in [0, 0.1) is 12.7 Å². The molecule has 6 heteroatoms. The minimum Gasteiger partial charge on any atom is -0.496 e. The predicted molar refractivity (Wildman–Crippen MR) is 102 cm³/mol. The summed E-state index contributed by atoms with van der Waals surface area (Å²) in [5.74, 6) is 0.259. The minimum atomic E-state index is -0.268. The number of morpholine rings is 1. The van der Waals surface area contributed by atoms with Crippen molar-refractivity contribution in [2.45, 2.75) is 13.0 Å². The van der Waals surface area contributed by atoms with Gasteiger partial charge in [0.15, 0.2) is 0 Å². The van der Waals surface area contributed by atoms with Gasteiger partial charge in [0.05, 0.1) is 26.4 Å². The zero-order valence-electron chi connectivity index (χ0n) is 15.7. The molecule has 144 valence electrons. The zero-order valence-corrected chi connectivity index (χ0v) is 15.7. The molecule has 1 heterocycles. The van der Waals surface area contributed by atoms with Crippen LogP contribution in [0.3, 0.4) is 0 Å². The molecule has 27 heavy (non-hydrogen) atoms. The topological polar surface area (TPSA) is 50.8 Å². The molecule has 0 radical (unpaired) electrons. The first-order chi connectivity index (χ1) is 13.1. The molecule has 1 unspecified atom stereocenters. The summed E-state index contributed by atoms with van der Waals surface area (Å²) < 4.78 is 24.0. The van der Waals surface area contributed by atoms with E-state index in [9.17, 15) is 9.18 Å². The van der Waals surface area contributed by atoms with Gasteiger partial charge in [-0.2, -0.15) is 0 Å². The molecular weight excluding hydrogens is 347 g/mol. The van der Waals surface area contributed by atoms with E-state index in [2.05, 4.69) is 10.2 Å². The number of nitrogens with zero attached hydrogens (tertiary/aromatic N) is 1. The molecule has 0 aromatic heterocycles. The molecule has 1 aliphatic rings. The van der Waals surface area contributed by atoms with Gasteiger partial charge in [0.2, 0.25) is 0 Å². The minimum absolute atomic E-state index is 0.0363. The second kappa shape index (κ2) is 8.97. The Balaban J connectivity index is 1.73. The number of aryl methyl sites for hydroxylation is 1. The third-order valence-electron chi connectivity index (χ3n) is 4.87. The van der Waals surface area contributed by atoms with Crippen LogP contribution in [0.1, 0.15) is 27.5 Å². The third kappa shape index (κ3) is 4.84. The van der Waals surface area contributed by atoms with E-state index in [-0.39, 0.29) is 17.8 Å². The lowest BCUT2D eigenvalue weighted by Crippen LogP contribution is -2.43. The number of nitrogens with one attached hydrogen (secondary N) is 1. The maximum Gasteiger partial charge on any atom is 0.251 e.